The molecule has 1 N–H and O–H groups in total. The number of aryl methyl sites for hydroxylation is 2. The molecule has 108 valence electrons. The lowest BCUT2D eigenvalue weighted by molar-refractivity contribution is 0.154. The van der Waals surface area contributed by atoms with Gasteiger partial charge in [0, 0.05) is 18.9 Å². The Labute approximate surface area is 120 Å². The van der Waals surface area contributed by atoms with Crippen LogP contribution in [-0.4, -0.2) is 19.5 Å². The van der Waals surface area contributed by atoms with Crippen LogP contribution < -0.4 is 0 Å². The van der Waals surface area contributed by atoms with Gasteiger partial charge in [-0.1, -0.05) is 6.92 Å². The minimum absolute atomic E-state index is 0.279. The summed E-state index contributed by atoms with van der Waals surface area (Å²) < 4.78 is 4.21. The second-order valence-electron chi connectivity index (χ2n) is 5.70. The zero-order valence-corrected chi connectivity index (χ0v) is 12.3. The number of hydrogen-bond acceptors (Lipinski definition) is 2. The minimum Gasteiger partial charge on any atom is -0.388 e. The Morgan fingerprint density at radius 1 is 1.40 bits per heavy atom. The molecule has 4 heteroatoms. The van der Waals surface area contributed by atoms with Crippen molar-refractivity contribution >= 4 is 0 Å². The van der Waals surface area contributed by atoms with Gasteiger partial charge in [0.1, 0.15) is 0 Å². The summed E-state index contributed by atoms with van der Waals surface area (Å²) in [6.45, 7) is 5.96. The average Bonchev–Trinajstić information content (AvgIpc) is 3.08. The molecule has 0 saturated heterocycles. The van der Waals surface area contributed by atoms with E-state index in [0.717, 1.165) is 43.6 Å². The molecule has 2 aromatic rings. The van der Waals surface area contributed by atoms with E-state index in [-0.39, 0.29) is 6.10 Å². The predicted octanol–water partition coefficient (Wildman–Crippen LogP) is 2.76. The zero-order chi connectivity index (χ0) is 14.1. The Hall–Kier alpha value is -1.55. The van der Waals surface area contributed by atoms with Crippen molar-refractivity contribution in [3.8, 4) is 0 Å². The molecular formula is C16H23N3O. The summed E-state index contributed by atoms with van der Waals surface area (Å²) in [7, 11) is 0. The Morgan fingerprint density at radius 3 is 2.85 bits per heavy atom. The van der Waals surface area contributed by atoms with E-state index >= 15 is 0 Å². The standard InChI is InChI=1S/C16H23N3O/c1-3-14-9-15(19(4-2)17-14)11-18-8-7-13(10-18)16(20)12-5-6-12/h7-10,12,16,20H,3-6,11H2,1-2H3. The maximum atomic E-state index is 10.2. The first-order valence-electron chi connectivity index (χ1n) is 7.60. The minimum atomic E-state index is -0.279. The van der Waals surface area contributed by atoms with E-state index in [1.807, 2.05) is 6.07 Å². The van der Waals surface area contributed by atoms with E-state index in [1.54, 1.807) is 0 Å². The lowest BCUT2D eigenvalue weighted by Gasteiger charge is -2.07. The average molecular weight is 273 g/mol. The first-order chi connectivity index (χ1) is 9.71. The summed E-state index contributed by atoms with van der Waals surface area (Å²) in [5.41, 5.74) is 3.42. The van der Waals surface area contributed by atoms with E-state index in [2.05, 4.69) is 46.7 Å². The van der Waals surface area contributed by atoms with E-state index in [1.165, 1.54) is 5.69 Å². The predicted molar refractivity (Wildman–Crippen MR) is 78.5 cm³/mol. The van der Waals surface area contributed by atoms with Gasteiger partial charge in [0.05, 0.1) is 24.0 Å². The van der Waals surface area contributed by atoms with Gasteiger partial charge in [0.15, 0.2) is 0 Å². The zero-order valence-electron chi connectivity index (χ0n) is 12.3. The molecule has 4 nitrogen and oxygen atoms in total. The van der Waals surface area contributed by atoms with Crippen molar-refractivity contribution in [2.45, 2.75) is 52.3 Å². The fraction of sp³-hybridized carbons (Fsp3) is 0.562. The summed E-state index contributed by atoms with van der Waals surface area (Å²) in [6, 6.07) is 4.22. The smallest absolute Gasteiger partial charge is 0.0832 e. The molecule has 1 atom stereocenters. The number of aliphatic hydroxyl groups is 1. The highest BCUT2D eigenvalue weighted by molar-refractivity contribution is 5.18. The Bertz CT molecular complexity index is 580. The van der Waals surface area contributed by atoms with E-state index in [4.69, 9.17) is 0 Å². The molecule has 1 unspecified atom stereocenters. The van der Waals surface area contributed by atoms with Crippen LogP contribution in [0.1, 0.15) is 49.7 Å². The van der Waals surface area contributed by atoms with Crippen molar-refractivity contribution in [1.29, 1.82) is 0 Å². The van der Waals surface area contributed by atoms with Gasteiger partial charge in [-0.05, 0) is 49.8 Å². The Morgan fingerprint density at radius 2 is 2.20 bits per heavy atom. The summed E-state index contributed by atoms with van der Waals surface area (Å²) in [4.78, 5) is 0. The van der Waals surface area contributed by atoms with Gasteiger partial charge in [-0.2, -0.15) is 5.10 Å². The molecule has 0 aromatic carbocycles. The van der Waals surface area contributed by atoms with Crippen molar-refractivity contribution in [2.24, 2.45) is 5.92 Å². The van der Waals surface area contributed by atoms with Gasteiger partial charge in [-0.3, -0.25) is 4.68 Å². The maximum Gasteiger partial charge on any atom is 0.0832 e. The quantitative estimate of drug-likeness (QED) is 0.879. The molecule has 1 fully saturated rings. The highest BCUT2D eigenvalue weighted by atomic mass is 16.3. The van der Waals surface area contributed by atoms with Crippen LogP contribution in [0.2, 0.25) is 0 Å². The third-order valence-corrected chi connectivity index (χ3v) is 4.10. The second-order valence-corrected chi connectivity index (χ2v) is 5.70. The van der Waals surface area contributed by atoms with Crippen LogP contribution in [0.5, 0.6) is 0 Å². The third kappa shape index (κ3) is 2.66. The topological polar surface area (TPSA) is 43.0 Å². The molecule has 2 aromatic heterocycles. The lowest BCUT2D eigenvalue weighted by atomic mass is 10.1. The van der Waals surface area contributed by atoms with Gasteiger partial charge in [0.25, 0.3) is 0 Å². The molecule has 0 aliphatic heterocycles. The molecule has 1 aliphatic carbocycles. The molecule has 3 rings (SSSR count). The third-order valence-electron chi connectivity index (χ3n) is 4.10. The van der Waals surface area contributed by atoms with Gasteiger partial charge < -0.3 is 9.67 Å². The largest absolute Gasteiger partial charge is 0.388 e. The molecule has 0 amide bonds. The van der Waals surface area contributed by atoms with Gasteiger partial charge in [-0.25, -0.2) is 0 Å². The van der Waals surface area contributed by atoms with Crippen molar-refractivity contribution in [3.63, 3.8) is 0 Å². The highest BCUT2D eigenvalue weighted by Gasteiger charge is 2.31. The van der Waals surface area contributed by atoms with Crippen molar-refractivity contribution in [3.05, 3.63) is 41.5 Å². The molecule has 0 spiro atoms. The summed E-state index contributed by atoms with van der Waals surface area (Å²) in [5.74, 6) is 0.485. The fourth-order valence-electron chi connectivity index (χ4n) is 2.69. The summed E-state index contributed by atoms with van der Waals surface area (Å²) in [6.07, 6.45) is 7.14. The second kappa shape index (κ2) is 5.44. The Balaban J connectivity index is 1.75. The van der Waals surface area contributed by atoms with E-state index in [9.17, 15) is 5.11 Å². The van der Waals surface area contributed by atoms with Crippen LogP contribution in [0.3, 0.4) is 0 Å². The van der Waals surface area contributed by atoms with Gasteiger partial charge in [0.2, 0.25) is 0 Å². The van der Waals surface area contributed by atoms with Crippen LogP contribution in [-0.2, 0) is 19.5 Å². The van der Waals surface area contributed by atoms with Crippen molar-refractivity contribution in [2.75, 3.05) is 0 Å². The molecule has 1 saturated carbocycles. The number of rotatable bonds is 6. The number of aromatic nitrogens is 3. The first kappa shape index (κ1) is 13.4. The highest BCUT2D eigenvalue weighted by Crippen LogP contribution is 2.40. The number of hydrogen-bond donors (Lipinski definition) is 1. The Kier molecular flexibility index (Phi) is 3.66. The van der Waals surface area contributed by atoms with Crippen molar-refractivity contribution in [1.82, 2.24) is 14.3 Å². The van der Waals surface area contributed by atoms with Gasteiger partial charge in [-0.15, -0.1) is 0 Å². The monoisotopic (exact) mass is 273 g/mol. The van der Waals surface area contributed by atoms with Crippen LogP contribution in [0, 0.1) is 5.92 Å². The van der Waals surface area contributed by atoms with Gasteiger partial charge >= 0.3 is 0 Å². The molecule has 0 bridgehead atoms. The van der Waals surface area contributed by atoms with Crippen LogP contribution >= 0.6 is 0 Å². The summed E-state index contributed by atoms with van der Waals surface area (Å²) >= 11 is 0. The van der Waals surface area contributed by atoms with Crippen molar-refractivity contribution < 1.29 is 5.11 Å². The molecule has 20 heavy (non-hydrogen) atoms. The van der Waals surface area contributed by atoms with Crippen LogP contribution in [0.25, 0.3) is 0 Å². The molecular weight excluding hydrogens is 250 g/mol. The van der Waals surface area contributed by atoms with E-state index < -0.39 is 0 Å². The molecule has 0 radical (unpaired) electrons. The number of aliphatic hydroxyl groups excluding tert-OH is 1. The van der Waals surface area contributed by atoms with Crippen LogP contribution in [0.15, 0.2) is 24.5 Å². The summed E-state index contributed by atoms with van der Waals surface area (Å²) in [5, 5.41) is 14.7. The normalized spacial score (nSPS) is 16.6. The SMILES string of the molecule is CCc1cc(Cn2ccc(C(O)C3CC3)c2)n(CC)n1. The fourth-order valence-corrected chi connectivity index (χ4v) is 2.69. The lowest BCUT2D eigenvalue weighted by Crippen LogP contribution is -2.07. The van der Waals surface area contributed by atoms with Crippen LogP contribution in [0.4, 0.5) is 0 Å². The first-order valence-corrected chi connectivity index (χ1v) is 7.60. The van der Waals surface area contributed by atoms with E-state index in [0.29, 0.717) is 5.92 Å². The maximum absolute atomic E-state index is 10.2. The molecule has 1 aliphatic rings. The number of nitrogens with zero attached hydrogens (tertiary/aromatic N) is 3. The molecule has 2 heterocycles.